The number of anilines is 2. The van der Waals surface area contributed by atoms with Crippen LogP contribution in [0.15, 0.2) is 82.6 Å². The van der Waals surface area contributed by atoms with Crippen molar-refractivity contribution in [2.24, 2.45) is 0 Å². The van der Waals surface area contributed by atoms with E-state index >= 15 is 0 Å². The van der Waals surface area contributed by atoms with Crippen molar-refractivity contribution in [3.63, 3.8) is 0 Å². The molecule has 1 amide bonds. The predicted octanol–water partition coefficient (Wildman–Crippen LogP) is 3.71. The van der Waals surface area contributed by atoms with Crippen molar-refractivity contribution in [2.45, 2.75) is 29.1 Å². The van der Waals surface area contributed by atoms with Gasteiger partial charge in [-0.15, -0.1) is 0 Å². The summed E-state index contributed by atoms with van der Waals surface area (Å²) in [6, 6.07) is 18.3. The van der Waals surface area contributed by atoms with Gasteiger partial charge in [0.1, 0.15) is 6.54 Å². The molecule has 0 aliphatic carbocycles. The summed E-state index contributed by atoms with van der Waals surface area (Å²) in [5.41, 5.74) is 0.638. The third-order valence-electron chi connectivity index (χ3n) is 6.37. The highest BCUT2D eigenvalue weighted by atomic mass is 32.2. The molecule has 0 bridgehead atoms. The number of piperidine rings is 1. The molecule has 1 aliphatic rings. The summed E-state index contributed by atoms with van der Waals surface area (Å²) in [5.74, 6) is -0.00335. The van der Waals surface area contributed by atoms with Crippen molar-refractivity contribution in [3.05, 3.63) is 72.8 Å². The van der Waals surface area contributed by atoms with Gasteiger partial charge >= 0.3 is 0 Å². The molecule has 0 aromatic heterocycles. The highest BCUT2D eigenvalue weighted by Crippen LogP contribution is 2.32. The molecule has 0 unspecified atom stereocenters. The first-order valence-corrected chi connectivity index (χ1v) is 15.2. The van der Waals surface area contributed by atoms with E-state index in [0.717, 1.165) is 23.6 Å². The third kappa shape index (κ3) is 6.35. The van der Waals surface area contributed by atoms with Gasteiger partial charge in [0.05, 0.1) is 29.7 Å². The van der Waals surface area contributed by atoms with Crippen molar-refractivity contribution in [1.82, 2.24) is 4.31 Å². The van der Waals surface area contributed by atoms with Crippen LogP contribution in [0.3, 0.4) is 0 Å². The number of carbonyl (C=O) groups excluding carboxylic acids is 1. The van der Waals surface area contributed by atoms with E-state index in [-0.39, 0.29) is 15.5 Å². The van der Waals surface area contributed by atoms with Crippen LogP contribution in [0.2, 0.25) is 0 Å². The molecule has 4 rings (SSSR count). The smallest absolute Gasteiger partial charge is 0.264 e. The van der Waals surface area contributed by atoms with Crippen molar-refractivity contribution < 1.29 is 31.1 Å². The fourth-order valence-corrected chi connectivity index (χ4v) is 7.26. The molecule has 3 aromatic rings. The number of amides is 1. The van der Waals surface area contributed by atoms with Crippen LogP contribution in [0, 0.1) is 0 Å². The first-order valence-electron chi connectivity index (χ1n) is 12.4. The first-order chi connectivity index (χ1) is 18.7. The third-order valence-corrected chi connectivity index (χ3v) is 10.0. The van der Waals surface area contributed by atoms with E-state index in [1.165, 1.54) is 61.0 Å². The molecule has 1 saturated heterocycles. The monoisotopic (exact) mass is 573 g/mol. The molecule has 0 radical (unpaired) electrons. The van der Waals surface area contributed by atoms with Crippen LogP contribution in [0.1, 0.15) is 19.3 Å². The van der Waals surface area contributed by atoms with Crippen LogP contribution in [-0.4, -0.2) is 60.9 Å². The van der Waals surface area contributed by atoms with Crippen molar-refractivity contribution in [3.8, 4) is 11.5 Å². The second kappa shape index (κ2) is 12.1. The standard InChI is InChI=1S/C27H31N3O7S2/c1-36-25-16-15-24(19-26(25)37-2)39(34,35)30(22-9-5-3-6-10-22)20-27(31)28-21-11-13-23(14-12-21)38(32,33)29-17-7-4-8-18-29/h3,5-6,9-16,19H,4,7-8,17-18,20H2,1-2H3,(H,28,31). The minimum absolute atomic E-state index is 0.0796. The normalized spacial score (nSPS) is 14.4. The number of rotatable bonds is 10. The molecule has 0 saturated carbocycles. The Morgan fingerprint density at radius 3 is 2.05 bits per heavy atom. The highest BCUT2D eigenvalue weighted by Gasteiger charge is 2.29. The highest BCUT2D eigenvalue weighted by molar-refractivity contribution is 7.92. The van der Waals surface area contributed by atoms with E-state index in [1.807, 2.05) is 0 Å². The SMILES string of the molecule is COc1ccc(S(=O)(=O)N(CC(=O)Nc2ccc(S(=O)(=O)N3CCCCC3)cc2)c2ccccc2)cc1OC. The summed E-state index contributed by atoms with van der Waals surface area (Å²) >= 11 is 0. The summed E-state index contributed by atoms with van der Waals surface area (Å²) in [7, 11) is -4.95. The topological polar surface area (TPSA) is 122 Å². The molecule has 0 spiro atoms. The number of methoxy groups -OCH3 is 2. The van der Waals surface area contributed by atoms with Crippen LogP contribution >= 0.6 is 0 Å². The molecule has 1 aliphatic heterocycles. The number of nitrogens with zero attached hydrogens (tertiary/aromatic N) is 2. The van der Waals surface area contributed by atoms with Gasteiger partial charge in [-0.25, -0.2) is 16.8 Å². The number of sulfonamides is 2. The molecule has 1 fully saturated rings. The first kappa shape index (κ1) is 28.4. The van der Waals surface area contributed by atoms with Crippen LogP contribution in [0.25, 0.3) is 0 Å². The lowest BCUT2D eigenvalue weighted by Gasteiger charge is -2.26. The zero-order valence-corrected chi connectivity index (χ0v) is 23.4. The molecule has 12 heteroatoms. The van der Waals surface area contributed by atoms with E-state index in [1.54, 1.807) is 30.3 Å². The maximum Gasteiger partial charge on any atom is 0.264 e. The zero-order chi connectivity index (χ0) is 28.0. The quantitative estimate of drug-likeness (QED) is 0.392. The molecule has 10 nitrogen and oxygen atoms in total. The van der Waals surface area contributed by atoms with Crippen LogP contribution in [0.4, 0.5) is 11.4 Å². The lowest BCUT2D eigenvalue weighted by atomic mass is 10.2. The Balaban J connectivity index is 1.55. The Morgan fingerprint density at radius 2 is 1.44 bits per heavy atom. The van der Waals surface area contributed by atoms with Crippen molar-refractivity contribution in [2.75, 3.05) is 43.5 Å². The molecule has 1 heterocycles. The summed E-state index contributed by atoms with van der Waals surface area (Å²) in [5, 5.41) is 2.67. The van der Waals surface area contributed by atoms with E-state index < -0.39 is 32.5 Å². The Labute approximate surface area is 229 Å². The summed E-state index contributed by atoms with van der Waals surface area (Å²) in [6.07, 6.45) is 2.67. The van der Waals surface area contributed by atoms with Gasteiger partial charge in [-0.2, -0.15) is 4.31 Å². The van der Waals surface area contributed by atoms with Crippen molar-refractivity contribution >= 4 is 37.3 Å². The molecule has 3 aromatic carbocycles. The number of ether oxygens (including phenoxy) is 2. The van der Waals surface area contributed by atoms with Crippen molar-refractivity contribution in [1.29, 1.82) is 0 Å². The molecule has 208 valence electrons. The zero-order valence-electron chi connectivity index (χ0n) is 21.7. The van der Waals surface area contributed by atoms with Gasteiger partial charge in [0.2, 0.25) is 15.9 Å². The molecule has 39 heavy (non-hydrogen) atoms. The number of hydrogen-bond acceptors (Lipinski definition) is 7. The van der Waals surface area contributed by atoms with E-state index in [2.05, 4.69) is 5.32 Å². The Kier molecular flexibility index (Phi) is 8.78. The van der Waals surface area contributed by atoms with Gasteiger partial charge in [-0.3, -0.25) is 9.10 Å². The minimum Gasteiger partial charge on any atom is -0.493 e. The van der Waals surface area contributed by atoms with E-state index in [9.17, 15) is 21.6 Å². The van der Waals surface area contributed by atoms with Gasteiger partial charge in [0, 0.05) is 24.8 Å². The van der Waals surface area contributed by atoms with E-state index in [4.69, 9.17) is 9.47 Å². The van der Waals surface area contributed by atoms with Gasteiger partial charge in [0.15, 0.2) is 11.5 Å². The lowest BCUT2D eigenvalue weighted by Crippen LogP contribution is -2.38. The lowest BCUT2D eigenvalue weighted by molar-refractivity contribution is -0.114. The maximum absolute atomic E-state index is 13.7. The fraction of sp³-hybridized carbons (Fsp3) is 0.296. The van der Waals surface area contributed by atoms with Crippen LogP contribution in [0.5, 0.6) is 11.5 Å². The molecular weight excluding hydrogens is 542 g/mol. The Morgan fingerprint density at radius 1 is 0.821 bits per heavy atom. The Bertz CT molecular complexity index is 1500. The van der Waals surface area contributed by atoms with Gasteiger partial charge in [-0.1, -0.05) is 24.6 Å². The summed E-state index contributed by atoms with van der Waals surface area (Å²) < 4.78 is 66.1. The molecular formula is C27H31N3O7S2. The number of nitrogens with one attached hydrogen (secondary N) is 1. The number of hydrogen-bond donors (Lipinski definition) is 1. The minimum atomic E-state index is -4.19. The number of benzene rings is 3. The summed E-state index contributed by atoms with van der Waals surface area (Å²) in [4.78, 5) is 13.1. The van der Waals surface area contributed by atoms with Gasteiger partial charge < -0.3 is 14.8 Å². The second-order valence-electron chi connectivity index (χ2n) is 8.90. The van der Waals surface area contributed by atoms with Gasteiger partial charge in [0.25, 0.3) is 10.0 Å². The second-order valence-corrected chi connectivity index (χ2v) is 12.7. The molecule has 0 atom stereocenters. The largest absolute Gasteiger partial charge is 0.493 e. The van der Waals surface area contributed by atoms with E-state index in [0.29, 0.717) is 30.2 Å². The van der Waals surface area contributed by atoms with Crippen LogP contribution < -0.4 is 19.1 Å². The van der Waals surface area contributed by atoms with Gasteiger partial charge in [-0.05, 0) is 61.4 Å². The predicted molar refractivity (Wildman–Crippen MR) is 148 cm³/mol. The molecule has 1 N–H and O–H groups in total. The average Bonchev–Trinajstić information content (AvgIpc) is 2.96. The summed E-state index contributed by atoms with van der Waals surface area (Å²) in [6.45, 7) is 0.462. The average molecular weight is 574 g/mol. The number of para-hydroxylation sites is 1. The van der Waals surface area contributed by atoms with Crippen LogP contribution in [-0.2, 0) is 24.8 Å². The maximum atomic E-state index is 13.7. The number of carbonyl (C=O) groups is 1. The fourth-order valence-electron chi connectivity index (χ4n) is 4.31. The Hall–Kier alpha value is -3.61.